The zero-order valence-corrected chi connectivity index (χ0v) is 16.1. The number of carboxylic acids is 1. The maximum absolute atomic E-state index is 12.8. The fourth-order valence-electron chi connectivity index (χ4n) is 2.83. The van der Waals surface area contributed by atoms with E-state index in [0.717, 1.165) is 21.1 Å². The predicted molar refractivity (Wildman–Crippen MR) is 100 cm³/mol. The topological polar surface area (TPSA) is 70.5 Å². The molecule has 0 saturated carbocycles. The van der Waals surface area contributed by atoms with Crippen LogP contribution in [0, 0.1) is 12.8 Å². The first-order valence-electron chi connectivity index (χ1n) is 7.04. The number of hydrogen-bond acceptors (Lipinski definition) is 3. The van der Waals surface area contributed by atoms with Gasteiger partial charge in [0, 0.05) is 28.6 Å². The van der Waals surface area contributed by atoms with Gasteiger partial charge < -0.3 is 10.0 Å². The summed E-state index contributed by atoms with van der Waals surface area (Å²) < 4.78 is 0.906. The maximum atomic E-state index is 12.8. The summed E-state index contributed by atoms with van der Waals surface area (Å²) in [6.45, 7) is 2.60. The Hall–Kier alpha value is -1.37. The Kier molecular flexibility index (Phi) is 7.01. The SMILES string of the molecule is Cc1cc(C(=O)N2CCC(C(=O)O)C2)c2ccc(Br)cc2n1.Cl.Cl. The van der Waals surface area contributed by atoms with Crippen LogP contribution in [-0.4, -0.2) is 40.0 Å². The molecule has 0 radical (unpaired) electrons. The fourth-order valence-corrected chi connectivity index (χ4v) is 3.18. The Morgan fingerprint density at radius 2 is 2.00 bits per heavy atom. The number of benzene rings is 1. The van der Waals surface area contributed by atoms with Crippen LogP contribution in [0.15, 0.2) is 28.7 Å². The third-order valence-electron chi connectivity index (χ3n) is 3.96. The fraction of sp³-hybridized carbons (Fsp3) is 0.312. The van der Waals surface area contributed by atoms with E-state index in [1.807, 2.05) is 25.1 Å². The summed E-state index contributed by atoms with van der Waals surface area (Å²) in [7, 11) is 0. The second-order valence-corrected chi connectivity index (χ2v) is 6.46. The molecule has 1 N–H and O–H groups in total. The molecule has 0 bridgehead atoms. The van der Waals surface area contributed by atoms with E-state index in [1.54, 1.807) is 11.0 Å². The Balaban J connectivity index is 0.00000144. The lowest BCUT2D eigenvalue weighted by Crippen LogP contribution is -2.30. The minimum Gasteiger partial charge on any atom is -0.481 e. The number of nitrogens with zero attached hydrogens (tertiary/aromatic N) is 2. The molecule has 2 aromatic rings. The van der Waals surface area contributed by atoms with Crippen molar-refractivity contribution in [2.75, 3.05) is 13.1 Å². The van der Waals surface area contributed by atoms with Gasteiger partial charge in [0.2, 0.25) is 0 Å². The minimum absolute atomic E-state index is 0. The summed E-state index contributed by atoms with van der Waals surface area (Å²) >= 11 is 3.41. The van der Waals surface area contributed by atoms with Crippen LogP contribution in [0.4, 0.5) is 0 Å². The number of pyridine rings is 1. The quantitative estimate of drug-likeness (QED) is 0.780. The van der Waals surface area contributed by atoms with Crippen molar-refractivity contribution in [3.8, 4) is 0 Å². The average molecular weight is 436 g/mol. The number of carboxylic acid groups (broad SMARTS) is 1. The molecule has 1 unspecified atom stereocenters. The average Bonchev–Trinajstić information content (AvgIpc) is 2.95. The monoisotopic (exact) mass is 434 g/mol. The molecule has 1 amide bonds. The van der Waals surface area contributed by atoms with Gasteiger partial charge in [-0.05, 0) is 31.5 Å². The molecule has 3 rings (SSSR count). The zero-order valence-electron chi connectivity index (χ0n) is 12.9. The molecular formula is C16H17BrCl2N2O3. The smallest absolute Gasteiger partial charge is 0.308 e. The van der Waals surface area contributed by atoms with Crippen molar-refractivity contribution in [3.05, 3.63) is 40.0 Å². The normalized spacial score (nSPS) is 16.4. The predicted octanol–water partition coefficient (Wildman–Crippen LogP) is 3.70. The second kappa shape index (κ2) is 8.14. The first-order chi connectivity index (χ1) is 10.5. The van der Waals surface area contributed by atoms with Crippen LogP contribution in [0.5, 0.6) is 0 Å². The number of aryl methyl sites for hydroxylation is 1. The van der Waals surface area contributed by atoms with E-state index in [0.29, 0.717) is 18.5 Å². The van der Waals surface area contributed by atoms with Crippen molar-refractivity contribution in [3.63, 3.8) is 0 Å². The minimum atomic E-state index is -0.838. The number of carbonyl (C=O) groups is 2. The molecule has 2 heterocycles. The molecule has 8 heteroatoms. The van der Waals surface area contributed by atoms with Gasteiger partial charge in [-0.1, -0.05) is 22.0 Å². The molecule has 1 aromatic carbocycles. The van der Waals surface area contributed by atoms with Crippen molar-refractivity contribution in [1.29, 1.82) is 0 Å². The van der Waals surface area contributed by atoms with Crippen LogP contribution in [0.2, 0.25) is 0 Å². The van der Waals surface area contributed by atoms with Crippen molar-refractivity contribution in [2.24, 2.45) is 5.92 Å². The molecule has 0 aliphatic carbocycles. The van der Waals surface area contributed by atoms with Gasteiger partial charge in [-0.2, -0.15) is 0 Å². The lowest BCUT2D eigenvalue weighted by atomic mass is 10.1. The highest BCUT2D eigenvalue weighted by atomic mass is 79.9. The van der Waals surface area contributed by atoms with E-state index >= 15 is 0 Å². The first-order valence-corrected chi connectivity index (χ1v) is 7.84. The van der Waals surface area contributed by atoms with Crippen molar-refractivity contribution in [2.45, 2.75) is 13.3 Å². The van der Waals surface area contributed by atoms with Crippen LogP contribution >= 0.6 is 40.7 Å². The third-order valence-corrected chi connectivity index (χ3v) is 4.45. The molecular weight excluding hydrogens is 419 g/mol. The van der Waals surface area contributed by atoms with Gasteiger partial charge in [-0.3, -0.25) is 14.6 Å². The van der Waals surface area contributed by atoms with E-state index in [4.69, 9.17) is 5.11 Å². The second-order valence-electron chi connectivity index (χ2n) is 5.55. The highest BCUT2D eigenvalue weighted by molar-refractivity contribution is 9.10. The van der Waals surface area contributed by atoms with Crippen molar-refractivity contribution < 1.29 is 14.7 Å². The maximum Gasteiger partial charge on any atom is 0.308 e. The van der Waals surface area contributed by atoms with Gasteiger partial charge in [-0.25, -0.2) is 0 Å². The highest BCUT2D eigenvalue weighted by Crippen LogP contribution is 2.26. The van der Waals surface area contributed by atoms with Gasteiger partial charge in [0.25, 0.3) is 5.91 Å². The summed E-state index contributed by atoms with van der Waals surface area (Å²) in [5.74, 6) is -1.43. The molecule has 1 atom stereocenters. The van der Waals surface area contributed by atoms with Crippen LogP contribution in [0.1, 0.15) is 22.5 Å². The van der Waals surface area contributed by atoms with Crippen LogP contribution < -0.4 is 0 Å². The summed E-state index contributed by atoms with van der Waals surface area (Å²) in [6, 6.07) is 7.39. The highest BCUT2D eigenvalue weighted by Gasteiger charge is 2.31. The largest absolute Gasteiger partial charge is 0.481 e. The molecule has 1 aromatic heterocycles. The number of amides is 1. The van der Waals surface area contributed by atoms with Gasteiger partial charge in [0.15, 0.2) is 0 Å². The van der Waals surface area contributed by atoms with E-state index in [-0.39, 0.29) is 37.3 Å². The number of rotatable bonds is 2. The molecule has 130 valence electrons. The molecule has 5 nitrogen and oxygen atoms in total. The van der Waals surface area contributed by atoms with Crippen LogP contribution in [0.25, 0.3) is 10.9 Å². The molecule has 1 aliphatic heterocycles. The van der Waals surface area contributed by atoms with Crippen LogP contribution in [-0.2, 0) is 4.79 Å². The summed E-state index contributed by atoms with van der Waals surface area (Å²) in [6.07, 6.45) is 0.509. The number of aromatic nitrogens is 1. The summed E-state index contributed by atoms with van der Waals surface area (Å²) in [4.78, 5) is 29.9. The van der Waals surface area contributed by atoms with E-state index < -0.39 is 11.9 Å². The van der Waals surface area contributed by atoms with Gasteiger partial charge in [0.05, 0.1) is 17.0 Å². The lowest BCUT2D eigenvalue weighted by molar-refractivity contribution is -0.141. The third kappa shape index (κ3) is 3.99. The number of hydrogen-bond donors (Lipinski definition) is 1. The number of halogens is 3. The Morgan fingerprint density at radius 3 is 2.62 bits per heavy atom. The summed E-state index contributed by atoms with van der Waals surface area (Å²) in [5.41, 5.74) is 2.11. The molecule has 1 fully saturated rings. The lowest BCUT2D eigenvalue weighted by Gasteiger charge is -2.17. The Morgan fingerprint density at radius 1 is 1.29 bits per heavy atom. The molecule has 24 heavy (non-hydrogen) atoms. The number of likely N-dealkylation sites (tertiary alicyclic amines) is 1. The molecule has 1 aliphatic rings. The van der Waals surface area contributed by atoms with Crippen molar-refractivity contribution in [1.82, 2.24) is 9.88 Å². The van der Waals surface area contributed by atoms with Crippen LogP contribution in [0.3, 0.4) is 0 Å². The Labute approximate surface area is 160 Å². The molecule has 1 saturated heterocycles. The number of fused-ring (bicyclic) bond motifs is 1. The zero-order chi connectivity index (χ0) is 15.9. The Bertz CT molecular complexity index is 780. The first kappa shape index (κ1) is 20.7. The standard InChI is InChI=1S/C16H15BrN2O3.2ClH/c1-9-6-13(12-3-2-11(17)7-14(12)18-9)15(20)19-5-4-10(8-19)16(21)22;;/h2-3,6-7,10H,4-5,8H2,1H3,(H,21,22);2*1H. The summed E-state index contributed by atoms with van der Waals surface area (Å²) in [5, 5.41) is 9.87. The van der Waals surface area contributed by atoms with Gasteiger partial charge in [-0.15, -0.1) is 24.8 Å². The van der Waals surface area contributed by atoms with E-state index in [9.17, 15) is 9.59 Å². The molecule has 0 spiro atoms. The van der Waals surface area contributed by atoms with Crippen molar-refractivity contribution >= 4 is 63.5 Å². The van der Waals surface area contributed by atoms with E-state index in [2.05, 4.69) is 20.9 Å². The number of aliphatic carboxylic acids is 1. The van der Waals surface area contributed by atoms with Gasteiger partial charge in [0.1, 0.15) is 0 Å². The number of carbonyl (C=O) groups excluding carboxylic acids is 1. The van der Waals surface area contributed by atoms with Gasteiger partial charge >= 0.3 is 5.97 Å². The van der Waals surface area contributed by atoms with E-state index in [1.165, 1.54) is 0 Å².